The Bertz CT molecular complexity index is 445. The predicted octanol–water partition coefficient (Wildman–Crippen LogP) is 5.58. The normalized spacial score (nSPS) is 12.7. The zero-order valence-electron chi connectivity index (χ0n) is 8.29. The lowest BCUT2D eigenvalue weighted by Gasteiger charge is -2.12. The van der Waals surface area contributed by atoms with Crippen LogP contribution in [-0.4, -0.2) is 0 Å². The molecule has 2 aromatic rings. The number of hydrogen-bond acceptors (Lipinski definition) is 1. The topological polar surface area (TPSA) is 0 Å². The summed E-state index contributed by atoms with van der Waals surface area (Å²) < 4.78 is 0. The van der Waals surface area contributed by atoms with Crippen molar-refractivity contribution in [3.05, 3.63) is 56.2 Å². The fraction of sp³-hybridized carbons (Fsp3) is 0.167. The van der Waals surface area contributed by atoms with E-state index in [1.807, 2.05) is 23.6 Å². The fourth-order valence-electron chi connectivity index (χ4n) is 1.53. The van der Waals surface area contributed by atoms with Gasteiger partial charge in [-0.25, -0.2) is 0 Å². The maximum Gasteiger partial charge on any atom is 0.0655 e. The molecular weight excluding hydrogens is 283 g/mol. The summed E-state index contributed by atoms with van der Waals surface area (Å²) in [5.41, 5.74) is 2.03. The number of halogens is 3. The molecule has 0 saturated heterocycles. The van der Waals surface area contributed by atoms with Gasteiger partial charge in [0.15, 0.2) is 0 Å². The Kier molecular flexibility index (Phi) is 4.15. The van der Waals surface area contributed by atoms with Gasteiger partial charge in [0.05, 0.1) is 5.38 Å². The molecule has 0 aliphatic rings. The summed E-state index contributed by atoms with van der Waals surface area (Å²) >= 11 is 20.2. The second-order valence-corrected chi connectivity index (χ2v) is 5.56. The quantitative estimate of drug-likeness (QED) is 0.648. The van der Waals surface area contributed by atoms with Crippen molar-refractivity contribution in [1.82, 2.24) is 0 Å². The summed E-state index contributed by atoms with van der Waals surface area (Å²) in [5.74, 6) is 0. The lowest BCUT2D eigenvalue weighted by molar-refractivity contribution is 0.925. The van der Waals surface area contributed by atoms with E-state index in [9.17, 15) is 0 Å². The minimum atomic E-state index is -0.184. The largest absolute Gasteiger partial charge is 0.152 e. The van der Waals surface area contributed by atoms with Gasteiger partial charge in [0.1, 0.15) is 0 Å². The number of rotatable bonds is 3. The molecule has 1 aromatic heterocycles. The molecule has 0 fully saturated rings. The van der Waals surface area contributed by atoms with Gasteiger partial charge in [0, 0.05) is 15.6 Å². The van der Waals surface area contributed by atoms with Crippen molar-refractivity contribution in [3.8, 4) is 0 Å². The highest BCUT2D eigenvalue weighted by molar-refractivity contribution is 7.07. The number of hydrogen-bond donors (Lipinski definition) is 0. The third-order valence-corrected chi connectivity index (χ3v) is 4.07. The van der Waals surface area contributed by atoms with E-state index in [0.29, 0.717) is 10.0 Å². The van der Waals surface area contributed by atoms with Crippen LogP contribution in [0, 0.1) is 0 Å². The van der Waals surface area contributed by atoms with E-state index in [4.69, 9.17) is 34.8 Å². The zero-order chi connectivity index (χ0) is 11.5. The van der Waals surface area contributed by atoms with Gasteiger partial charge in [-0.3, -0.25) is 0 Å². The molecule has 16 heavy (non-hydrogen) atoms. The van der Waals surface area contributed by atoms with E-state index in [2.05, 4.69) is 11.4 Å². The summed E-state index contributed by atoms with van der Waals surface area (Å²) in [5, 5.41) is 5.19. The molecule has 84 valence electrons. The first-order valence-corrected chi connectivity index (χ1v) is 6.91. The highest BCUT2D eigenvalue weighted by Crippen LogP contribution is 2.36. The summed E-state index contributed by atoms with van der Waals surface area (Å²) in [6.07, 6.45) is 0.745. The smallest absolute Gasteiger partial charge is 0.0655 e. The highest BCUT2D eigenvalue weighted by Gasteiger charge is 2.16. The molecule has 0 saturated carbocycles. The van der Waals surface area contributed by atoms with E-state index < -0.39 is 0 Å². The van der Waals surface area contributed by atoms with Gasteiger partial charge >= 0.3 is 0 Å². The fourth-order valence-corrected chi connectivity index (χ4v) is 3.40. The molecule has 1 unspecified atom stereocenters. The van der Waals surface area contributed by atoms with Gasteiger partial charge in [-0.2, -0.15) is 11.3 Å². The van der Waals surface area contributed by atoms with Crippen LogP contribution in [0.2, 0.25) is 10.0 Å². The Labute approximate surface area is 114 Å². The van der Waals surface area contributed by atoms with Gasteiger partial charge in [0.25, 0.3) is 0 Å². The van der Waals surface area contributed by atoms with Crippen molar-refractivity contribution in [3.63, 3.8) is 0 Å². The van der Waals surface area contributed by atoms with Crippen molar-refractivity contribution < 1.29 is 0 Å². The van der Waals surface area contributed by atoms with Gasteiger partial charge in [0.2, 0.25) is 0 Å². The monoisotopic (exact) mass is 290 g/mol. The van der Waals surface area contributed by atoms with Crippen molar-refractivity contribution in [2.45, 2.75) is 11.8 Å². The molecule has 0 aliphatic carbocycles. The van der Waals surface area contributed by atoms with Gasteiger partial charge in [-0.15, -0.1) is 11.6 Å². The summed E-state index contributed by atoms with van der Waals surface area (Å²) in [7, 11) is 0. The Morgan fingerprint density at radius 1 is 1.12 bits per heavy atom. The zero-order valence-corrected chi connectivity index (χ0v) is 11.4. The molecule has 1 heterocycles. The third kappa shape index (κ3) is 2.72. The van der Waals surface area contributed by atoms with Gasteiger partial charge in [-0.1, -0.05) is 29.3 Å². The molecule has 0 bridgehead atoms. The SMILES string of the molecule is Clc1cccc(Cl)c1C(Cl)Cc1ccsc1. The predicted molar refractivity (Wildman–Crippen MR) is 73.1 cm³/mol. The Morgan fingerprint density at radius 3 is 2.38 bits per heavy atom. The molecule has 0 N–H and O–H groups in total. The van der Waals surface area contributed by atoms with E-state index in [1.165, 1.54) is 5.56 Å². The number of thiophene rings is 1. The van der Waals surface area contributed by atoms with Crippen LogP contribution in [0.5, 0.6) is 0 Å². The lowest BCUT2D eigenvalue weighted by atomic mass is 10.1. The Hall–Kier alpha value is -0.210. The molecule has 1 aromatic carbocycles. The number of benzene rings is 1. The van der Waals surface area contributed by atoms with Crippen molar-refractivity contribution in [2.24, 2.45) is 0 Å². The minimum absolute atomic E-state index is 0.184. The molecule has 1 atom stereocenters. The van der Waals surface area contributed by atoms with E-state index in [-0.39, 0.29) is 5.38 Å². The van der Waals surface area contributed by atoms with Gasteiger partial charge < -0.3 is 0 Å². The highest BCUT2D eigenvalue weighted by atomic mass is 35.5. The van der Waals surface area contributed by atoms with Crippen molar-refractivity contribution >= 4 is 46.1 Å². The molecule has 2 rings (SSSR count). The Balaban J connectivity index is 2.24. The molecule has 0 nitrogen and oxygen atoms in total. The number of alkyl halides is 1. The molecular formula is C12H9Cl3S. The van der Waals surface area contributed by atoms with Crippen molar-refractivity contribution in [1.29, 1.82) is 0 Å². The van der Waals surface area contributed by atoms with Gasteiger partial charge in [-0.05, 0) is 40.9 Å². The van der Waals surface area contributed by atoms with Crippen LogP contribution >= 0.6 is 46.1 Å². The maximum absolute atomic E-state index is 6.34. The summed E-state index contributed by atoms with van der Waals surface area (Å²) in [6, 6.07) is 7.50. The molecule has 0 spiro atoms. The molecule has 0 radical (unpaired) electrons. The van der Waals surface area contributed by atoms with E-state index in [0.717, 1.165) is 12.0 Å². The standard InChI is InChI=1S/C12H9Cl3S/c13-9-2-1-3-10(14)12(9)11(15)6-8-4-5-16-7-8/h1-5,7,11H,6H2. The van der Waals surface area contributed by atoms with Crippen LogP contribution in [-0.2, 0) is 6.42 Å². The molecule has 4 heteroatoms. The van der Waals surface area contributed by atoms with E-state index >= 15 is 0 Å². The summed E-state index contributed by atoms with van der Waals surface area (Å²) in [4.78, 5) is 0. The van der Waals surface area contributed by atoms with Crippen LogP contribution < -0.4 is 0 Å². The van der Waals surface area contributed by atoms with Crippen LogP contribution in [0.3, 0.4) is 0 Å². The Morgan fingerprint density at radius 2 is 1.81 bits per heavy atom. The second-order valence-electron chi connectivity index (χ2n) is 3.44. The van der Waals surface area contributed by atoms with Crippen LogP contribution in [0.4, 0.5) is 0 Å². The third-order valence-electron chi connectivity index (χ3n) is 2.31. The minimum Gasteiger partial charge on any atom is -0.152 e. The first kappa shape index (κ1) is 12.3. The maximum atomic E-state index is 6.34. The first-order chi connectivity index (χ1) is 7.68. The molecule has 0 amide bonds. The summed E-state index contributed by atoms with van der Waals surface area (Å²) in [6.45, 7) is 0. The van der Waals surface area contributed by atoms with Crippen molar-refractivity contribution in [2.75, 3.05) is 0 Å². The molecule has 0 aliphatic heterocycles. The average Bonchev–Trinajstić information content (AvgIpc) is 2.70. The van der Waals surface area contributed by atoms with E-state index in [1.54, 1.807) is 11.3 Å². The van der Waals surface area contributed by atoms with Crippen LogP contribution in [0.15, 0.2) is 35.0 Å². The second kappa shape index (κ2) is 5.42. The van der Waals surface area contributed by atoms with Crippen LogP contribution in [0.1, 0.15) is 16.5 Å². The first-order valence-electron chi connectivity index (χ1n) is 4.77. The van der Waals surface area contributed by atoms with Crippen LogP contribution in [0.25, 0.3) is 0 Å². The average molecular weight is 292 g/mol. The lowest BCUT2D eigenvalue weighted by Crippen LogP contribution is -1.96.